The third-order valence-corrected chi connectivity index (χ3v) is 2.81. The van der Waals surface area contributed by atoms with E-state index in [1.165, 1.54) is 0 Å². The average Bonchev–Trinajstić information content (AvgIpc) is 2.05. The highest BCUT2D eigenvalue weighted by molar-refractivity contribution is 7.86. The Labute approximate surface area is 92.7 Å². The third-order valence-electron chi connectivity index (χ3n) is 1.78. The lowest BCUT2D eigenvalue weighted by Crippen LogP contribution is -2.20. The molecule has 1 aromatic carbocycles. The summed E-state index contributed by atoms with van der Waals surface area (Å²) in [5.74, 6) is -0.879. The molecule has 0 saturated heterocycles. The van der Waals surface area contributed by atoms with Gasteiger partial charge in [-0.2, -0.15) is 8.42 Å². The number of aliphatic hydroxyl groups excluding tert-OH is 1. The number of halogens is 2. The van der Waals surface area contributed by atoms with Crippen molar-refractivity contribution in [3.05, 3.63) is 34.9 Å². The summed E-state index contributed by atoms with van der Waals surface area (Å²) in [7, 11) is -4.63. The molecule has 1 aromatic rings. The summed E-state index contributed by atoms with van der Waals surface area (Å²) in [4.78, 5) is 0. The molecule has 1 rings (SSSR count). The van der Waals surface area contributed by atoms with Gasteiger partial charge in [0.2, 0.25) is 0 Å². The van der Waals surface area contributed by atoms with Crippen LogP contribution < -0.4 is 0 Å². The minimum Gasteiger partial charge on any atom is -0.392 e. The highest BCUT2D eigenvalue weighted by Crippen LogP contribution is 2.11. The van der Waals surface area contributed by atoms with Crippen molar-refractivity contribution in [3.8, 4) is 0 Å². The van der Waals surface area contributed by atoms with Crippen molar-refractivity contribution in [2.24, 2.45) is 0 Å². The SMILES string of the molecule is O=S(=O)(F)CC(O)Cc1ccc(Cl)cc1. The minimum atomic E-state index is -4.63. The van der Waals surface area contributed by atoms with Crippen LogP contribution in [0.15, 0.2) is 24.3 Å². The van der Waals surface area contributed by atoms with E-state index in [-0.39, 0.29) is 6.42 Å². The molecule has 3 nitrogen and oxygen atoms in total. The van der Waals surface area contributed by atoms with Crippen molar-refractivity contribution in [1.82, 2.24) is 0 Å². The van der Waals surface area contributed by atoms with Crippen molar-refractivity contribution in [3.63, 3.8) is 0 Å². The van der Waals surface area contributed by atoms with E-state index in [1.54, 1.807) is 24.3 Å². The molecule has 1 N–H and O–H groups in total. The molecule has 0 spiro atoms. The van der Waals surface area contributed by atoms with Crippen LogP contribution in [0.3, 0.4) is 0 Å². The van der Waals surface area contributed by atoms with E-state index in [0.717, 1.165) is 0 Å². The first-order chi connectivity index (χ1) is 6.87. The van der Waals surface area contributed by atoms with Gasteiger partial charge in [-0.1, -0.05) is 23.7 Å². The van der Waals surface area contributed by atoms with E-state index in [9.17, 15) is 17.4 Å². The van der Waals surface area contributed by atoms with Crippen LogP contribution in [-0.2, 0) is 16.6 Å². The molecular formula is C9H10ClFO3S. The average molecular weight is 253 g/mol. The first kappa shape index (κ1) is 12.4. The first-order valence-electron chi connectivity index (χ1n) is 4.21. The van der Waals surface area contributed by atoms with Crippen LogP contribution in [-0.4, -0.2) is 25.4 Å². The van der Waals surface area contributed by atoms with Crippen molar-refractivity contribution in [2.45, 2.75) is 12.5 Å². The van der Waals surface area contributed by atoms with Crippen LogP contribution in [0, 0.1) is 0 Å². The Morgan fingerprint density at radius 2 is 1.87 bits per heavy atom. The predicted octanol–water partition coefficient (Wildman–Crippen LogP) is 1.54. The normalized spacial score (nSPS) is 13.8. The van der Waals surface area contributed by atoms with Crippen LogP contribution >= 0.6 is 11.6 Å². The first-order valence-corrected chi connectivity index (χ1v) is 6.15. The molecule has 0 aliphatic heterocycles. The van der Waals surface area contributed by atoms with Crippen molar-refractivity contribution < 1.29 is 17.4 Å². The second kappa shape index (κ2) is 4.92. The standard InChI is InChI=1S/C9H10ClFO3S/c10-8-3-1-7(2-4-8)5-9(12)6-15(11,13)14/h1-4,9,12H,5-6H2. The van der Waals surface area contributed by atoms with Gasteiger partial charge in [0.1, 0.15) is 5.75 Å². The van der Waals surface area contributed by atoms with Crippen LogP contribution in [0.2, 0.25) is 5.02 Å². The lowest BCUT2D eigenvalue weighted by Gasteiger charge is -2.07. The summed E-state index contributed by atoms with van der Waals surface area (Å²) >= 11 is 5.64. The zero-order chi connectivity index (χ0) is 11.5. The van der Waals surface area contributed by atoms with Gasteiger partial charge in [0.05, 0.1) is 6.10 Å². The van der Waals surface area contributed by atoms with Crippen LogP contribution in [0.4, 0.5) is 3.89 Å². The molecule has 0 aliphatic carbocycles. The maximum Gasteiger partial charge on any atom is 0.304 e. The van der Waals surface area contributed by atoms with Crippen LogP contribution in [0.5, 0.6) is 0 Å². The van der Waals surface area contributed by atoms with E-state index in [0.29, 0.717) is 10.6 Å². The monoisotopic (exact) mass is 252 g/mol. The number of rotatable bonds is 4. The highest BCUT2D eigenvalue weighted by atomic mass is 35.5. The Kier molecular flexibility index (Phi) is 4.07. The maximum atomic E-state index is 12.2. The van der Waals surface area contributed by atoms with Gasteiger partial charge in [-0.3, -0.25) is 0 Å². The Hall–Kier alpha value is -0.650. The molecule has 0 amide bonds. The molecule has 1 unspecified atom stereocenters. The zero-order valence-corrected chi connectivity index (χ0v) is 9.30. The Morgan fingerprint density at radius 1 is 1.33 bits per heavy atom. The fraction of sp³-hybridized carbons (Fsp3) is 0.333. The zero-order valence-electron chi connectivity index (χ0n) is 7.73. The molecule has 0 saturated carbocycles. The maximum absolute atomic E-state index is 12.2. The third kappa shape index (κ3) is 5.11. The second-order valence-corrected chi connectivity index (χ2v) is 5.04. The van der Waals surface area contributed by atoms with Crippen LogP contribution in [0.1, 0.15) is 5.56 Å². The number of hydrogen-bond acceptors (Lipinski definition) is 3. The molecule has 0 aliphatic rings. The van der Waals surface area contributed by atoms with Gasteiger partial charge in [-0.15, -0.1) is 3.89 Å². The summed E-state index contributed by atoms with van der Waals surface area (Å²) in [6, 6.07) is 6.54. The van der Waals surface area contributed by atoms with Gasteiger partial charge in [0.15, 0.2) is 0 Å². The van der Waals surface area contributed by atoms with Gasteiger partial charge in [0, 0.05) is 5.02 Å². The second-order valence-electron chi connectivity index (χ2n) is 3.19. The van der Waals surface area contributed by atoms with Crippen molar-refractivity contribution >= 4 is 21.8 Å². The highest BCUT2D eigenvalue weighted by Gasteiger charge is 2.15. The predicted molar refractivity (Wildman–Crippen MR) is 56.1 cm³/mol. The van der Waals surface area contributed by atoms with E-state index < -0.39 is 22.1 Å². The Bertz CT molecular complexity index is 415. The largest absolute Gasteiger partial charge is 0.392 e. The Morgan fingerprint density at radius 3 is 2.33 bits per heavy atom. The molecule has 15 heavy (non-hydrogen) atoms. The number of hydrogen-bond donors (Lipinski definition) is 1. The molecule has 1 atom stereocenters. The summed E-state index contributed by atoms with van der Waals surface area (Å²) in [5.41, 5.74) is 0.704. The fourth-order valence-electron chi connectivity index (χ4n) is 1.18. The quantitative estimate of drug-likeness (QED) is 0.827. The smallest absolute Gasteiger partial charge is 0.304 e. The van der Waals surface area contributed by atoms with Gasteiger partial charge < -0.3 is 5.11 Å². The van der Waals surface area contributed by atoms with Gasteiger partial charge in [-0.05, 0) is 24.1 Å². The van der Waals surface area contributed by atoms with Crippen molar-refractivity contribution in [2.75, 3.05) is 5.75 Å². The van der Waals surface area contributed by atoms with Gasteiger partial charge >= 0.3 is 10.2 Å². The number of aliphatic hydroxyl groups is 1. The molecular weight excluding hydrogens is 243 g/mol. The van der Waals surface area contributed by atoms with Gasteiger partial charge in [-0.25, -0.2) is 0 Å². The Balaban J connectivity index is 2.59. The molecule has 0 bridgehead atoms. The molecule has 6 heteroatoms. The van der Waals surface area contributed by atoms with E-state index >= 15 is 0 Å². The lowest BCUT2D eigenvalue weighted by atomic mass is 10.1. The summed E-state index contributed by atoms with van der Waals surface area (Å²) < 4.78 is 32.7. The summed E-state index contributed by atoms with van der Waals surface area (Å²) in [6.07, 6.45) is -1.15. The summed E-state index contributed by atoms with van der Waals surface area (Å²) in [6.45, 7) is 0. The van der Waals surface area contributed by atoms with E-state index in [2.05, 4.69) is 0 Å². The van der Waals surface area contributed by atoms with E-state index in [1.807, 2.05) is 0 Å². The van der Waals surface area contributed by atoms with Gasteiger partial charge in [0.25, 0.3) is 0 Å². The molecule has 0 fully saturated rings. The molecule has 0 aromatic heterocycles. The fourth-order valence-corrected chi connectivity index (χ4v) is 1.88. The molecule has 0 heterocycles. The minimum absolute atomic E-state index is 0.0836. The lowest BCUT2D eigenvalue weighted by molar-refractivity contribution is 0.196. The van der Waals surface area contributed by atoms with Crippen molar-refractivity contribution in [1.29, 1.82) is 0 Å². The molecule has 84 valence electrons. The summed E-state index contributed by atoms with van der Waals surface area (Å²) in [5, 5.41) is 9.80. The molecule has 0 radical (unpaired) electrons. The van der Waals surface area contributed by atoms with E-state index in [4.69, 9.17) is 11.6 Å². The topological polar surface area (TPSA) is 54.4 Å². The number of benzene rings is 1. The van der Waals surface area contributed by atoms with Crippen LogP contribution in [0.25, 0.3) is 0 Å².